The molecule has 0 bridgehead atoms. The van der Waals surface area contributed by atoms with Crippen molar-refractivity contribution in [2.45, 2.75) is 13.0 Å². The van der Waals surface area contributed by atoms with Crippen molar-refractivity contribution >= 4 is 62.8 Å². The number of hydrogen-bond donors (Lipinski definition) is 2. The number of nitrogens with one attached hydrogen (secondary N) is 1. The normalized spacial score (nSPS) is 13.8. The van der Waals surface area contributed by atoms with Crippen LogP contribution in [0.4, 0.5) is 16.6 Å². The molecule has 1 aromatic carbocycles. The standard InChI is InChI=1S/C27H28ClN7O3S2/c1-33(19-5-3-2-4-6-19)16-22-25(21-13-18(28)17-39-21)31-27(40-22)32-26(38)20-14-30-23(15-29-20)35-11-9-34(10-12-35)8-7-24(36)37/h2-6,13-15,17H,7-12,16H2,1H3,(H,36,37)(H,31,32,38). The Balaban J connectivity index is 1.25. The van der Waals surface area contributed by atoms with Crippen LogP contribution in [0.3, 0.4) is 0 Å². The summed E-state index contributed by atoms with van der Waals surface area (Å²) < 4.78 is 0. The first kappa shape index (κ1) is 28.0. The molecule has 1 saturated heterocycles. The number of carbonyl (C=O) groups excluding carboxylic acids is 1. The molecule has 0 saturated carbocycles. The number of aliphatic carboxylic acids is 1. The number of thiophene rings is 1. The van der Waals surface area contributed by atoms with E-state index in [0.717, 1.165) is 34.2 Å². The van der Waals surface area contributed by atoms with E-state index in [1.807, 2.05) is 48.8 Å². The Kier molecular flexibility index (Phi) is 8.90. The Bertz CT molecular complexity index is 1450. The monoisotopic (exact) mass is 597 g/mol. The van der Waals surface area contributed by atoms with Gasteiger partial charge in [0.05, 0.1) is 45.8 Å². The fourth-order valence-corrected chi connectivity index (χ4v) is 6.53. The van der Waals surface area contributed by atoms with Crippen LogP contribution in [0.2, 0.25) is 5.02 Å². The molecule has 0 radical (unpaired) electrons. The summed E-state index contributed by atoms with van der Waals surface area (Å²) in [5.74, 6) is -0.486. The minimum atomic E-state index is -0.789. The number of nitrogens with zero attached hydrogens (tertiary/aromatic N) is 6. The van der Waals surface area contributed by atoms with Crippen molar-refractivity contribution in [2.75, 3.05) is 54.9 Å². The van der Waals surface area contributed by atoms with E-state index in [1.54, 1.807) is 6.20 Å². The molecule has 5 rings (SSSR count). The van der Waals surface area contributed by atoms with Crippen molar-refractivity contribution < 1.29 is 14.7 Å². The molecule has 13 heteroatoms. The second-order valence-corrected chi connectivity index (χ2v) is 11.7. The molecular formula is C27H28ClN7O3S2. The van der Waals surface area contributed by atoms with Gasteiger partial charge in [0.1, 0.15) is 11.5 Å². The molecule has 1 fully saturated rings. The lowest BCUT2D eigenvalue weighted by molar-refractivity contribution is -0.137. The van der Waals surface area contributed by atoms with Gasteiger partial charge < -0.3 is 14.9 Å². The molecular weight excluding hydrogens is 570 g/mol. The summed E-state index contributed by atoms with van der Waals surface area (Å²) in [5, 5.41) is 14.8. The van der Waals surface area contributed by atoms with Gasteiger partial charge in [-0.1, -0.05) is 41.1 Å². The summed E-state index contributed by atoms with van der Waals surface area (Å²) in [6, 6.07) is 12.0. The first-order valence-electron chi connectivity index (χ1n) is 12.7. The number of carboxylic acid groups (broad SMARTS) is 1. The van der Waals surface area contributed by atoms with Crippen molar-refractivity contribution in [3.05, 3.63) is 69.8 Å². The third-order valence-corrected chi connectivity index (χ3v) is 8.75. The van der Waals surface area contributed by atoms with Gasteiger partial charge in [-0.2, -0.15) is 0 Å². The van der Waals surface area contributed by atoms with E-state index >= 15 is 0 Å². The maximum atomic E-state index is 13.0. The third kappa shape index (κ3) is 6.94. The minimum absolute atomic E-state index is 0.135. The fraction of sp³-hybridized carbons (Fsp3) is 0.296. The van der Waals surface area contributed by atoms with Gasteiger partial charge in [-0.25, -0.2) is 15.0 Å². The quantitative estimate of drug-likeness (QED) is 0.266. The van der Waals surface area contributed by atoms with Crippen molar-refractivity contribution in [1.82, 2.24) is 19.9 Å². The molecule has 1 aliphatic rings. The molecule has 40 heavy (non-hydrogen) atoms. The van der Waals surface area contributed by atoms with Crippen LogP contribution in [0.1, 0.15) is 21.8 Å². The van der Waals surface area contributed by atoms with Gasteiger partial charge in [0.2, 0.25) is 0 Å². The smallest absolute Gasteiger partial charge is 0.304 e. The Labute approximate surface area is 244 Å². The number of carboxylic acids is 1. The van der Waals surface area contributed by atoms with E-state index in [0.29, 0.717) is 42.2 Å². The van der Waals surface area contributed by atoms with Crippen LogP contribution in [0.25, 0.3) is 10.6 Å². The van der Waals surface area contributed by atoms with Crippen molar-refractivity contribution in [1.29, 1.82) is 0 Å². The number of rotatable bonds is 10. The van der Waals surface area contributed by atoms with Gasteiger partial charge in [0.15, 0.2) is 5.13 Å². The molecule has 208 valence electrons. The zero-order valence-corrected chi connectivity index (χ0v) is 24.2. The maximum Gasteiger partial charge on any atom is 0.304 e. The summed E-state index contributed by atoms with van der Waals surface area (Å²) in [4.78, 5) is 45.7. The number of hydrogen-bond acceptors (Lipinski definition) is 10. The molecule has 0 spiro atoms. The summed E-state index contributed by atoms with van der Waals surface area (Å²) in [5.41, 5.74) is 2.07. The van der Waals surface area contributed by atoms with Crippen molar-refractivity contribution in [2.24, 2.45) is 0 Å². The van der Waals surface area contributed by atoms with E-state index in [-0.39, 0.29) is 18.0 Å². The maximum absolute atomic E-state index is 13.0. The lowest BCUT2D eigenvalue weighted by Gasteiger charge is -2.34. The number of benzene rings is 1. The van der Waals surface area contributed by atoms with E-state index in [1.165, 1.54) is 28.9 Å². The van der Waals surface area contributed by atoms with Crippen LogP contribution in [0.15, 0.2) is 54.2 Å². The van der Waals surface area contributed by atoms with E-state index in [4.69, 9.17) is 21.7 Å². The topological polar surface area (TPSA) is 115 Å². The van der Waals surface area contributed by atoms with Crippen molar-refractivity contribution in [3.8, 4) is 10.6 Å². The zero-order valence-electron chi connectivity index (χ0n) is 21.8. The number of thiazole rings is 1. The van der Waals surface area contributed by atoms with Gasteiger partial charge in [-0.05, 0) is 18.2 Å². The van der Waals surface area contributed by atoms with Crippen LogP contribution < -0.4 is 15.1 Å². The van der Waals surface area contributed by atoms with Gasteiger partial charge in [-0.15, -0.1) is 11.3 Å². The molecule has 0 unspecified atom stereocenters. The molecule has 3 aromatic heterocycles. The minimum Gasteiger partial charge on any atom is -0.481 e. The first-order valence-corrected chi connectivity index (χ1v) is 14.8. The molecule has 10 nitrogen and oxygen atoms in total. The number of aromatic nitrogens is 3. The number of piperazine rings is 1. The second kappa shape index (κ2) is 12.7. The Morgan fingerprint density at radius 2 is 1.90 bits per heavy atom. The fourth-order valence-electron chi connectivity index (χ4n) is 4.35. The van der Waals surface area contributed by atoms with Crippen LogP contribution in [0, 0.1) is 0 Å². The predicted octanol–water partition coefficient (Wildman–Crippen LogP) is 4.80. The summed E-state index contributed by atoms with van der Waals surface area (Å²) in [6.07, 6.45) is 3.21. The molecule has 0 atom stereocenters. The van der Waals surface area contributed by atoms with Gasteiger partial charge in [0.25, 0.3) is 5.91 Å². The number of halogens is 1. The van der Waals surface area contributed by atoms with Gasteiger partial charge in [-0.3, -0.25) is 19.8 Å². The second-order valence-electron chi connectivity index (χ2n) is 9.30. The third-order valence-electron chi connectivity index (χ3n) is 6.51. The van der Waals surface area contributed by atoms with E-state index in [2.05, 4.69) is 30.0 Å². The lowest BCUT2D eigenvalue weighted by atomic mass is 10.2. The highest BCUT2D eigenvalue weighted by Gasteiger charge is 2.21. The van der Waals surface area contributed by atoms with E-state index in [9.17, 15) is 9.59 Å². The average Bonchev–Trinajstić information content (AvgIpc) is 3.58. The number of para-hydroxylation sites is 1. The van der Waals surface area contributed by atoms with Crippen LogP contribution >= 0.6 is 34.3 Å². The Hall–Kier alpha value is -3.58. The highest BCUT2D eigenvalue weighted by atomic mass is 35.5. The van der Waals surface area contributed by atoms with E-state index < -0.39 is 5.97 Å². The molecule has 2 N–H and O–H groups in total. The molecule has 0 aliphatic carbocycles. The highest BCUT2D eigenvalue weighted by molar-refractivity contribution is 7.17. The molecule has 4 aromatic rings. The SMILES string of the molecule is CN(Cc1sc(NC(=O)c2cnc(N3CCN(CCC(=O)O)CC3)cn2)nc1-c1cc(Cl)cs1)c1ccccc1. The van der Waals surface area contributed by atoms with Gasteiger partial charge >= 0.3 is 5.97 Å². The average molecular weight is 598 g/mol. The predicted molar refractivity (Wildman–Crippen MR) is 160 cm³/mol. The number of amides is 1. The van der Waals surface area contributed by atoms with Crippen LogP contribution in [-0.2, 0) is 11.3 Å². The zero-order chi connectivity index (χ0) is 28.1. The molecule has 1 aliphatic heterocycles. The first-order chi connectivity index (χ1) is 19.4. The largest absolute Gasteiger partial charge is 0.481 e. The molecule has 1 amide bonds. The number of anilines is 3. The van der Waals surface area contributed by atoms with Gasteiger partial charge in [0, 0.05) is 50.8 Å². The van der Waals surface area contributed by atoms with Crippen LogP contribution in [-0.4, -0.2) is 76.6 Å². The number of carbonyl (C=O) groups is 2. The van der Waals surface area contributed by atoms with Crippen molar-refractivity contribution in [3.63, 3.8) is 0 Å². The summed E-state index contributed by atoms with van der Waals surface area (Å²) >= 11 is 9.14. The Morgan fingerprint density at radius 3 is 2.55 bits per heavy atom. The Morgan fingerprint density at radius 1 is 1.12 bits per heavy atom. The highest BCUT2D eigenvalue weighted by Crippen LogP contribution is 2.37. The molecule has 4 heterocycles. The van der Waals surface area contributed by atoms with Crippen LogP contribution in [0.5, 0.6) is 0 Å². The lowest BCUT2D eigenvalue weighted by Crippen LogP contribution is -2.47. The summed E-state index contributed by atoms with van der Waals surface area (Å²) in [6.45, 7) is 4.09. The summed E-state index contributed by atoms with van der Waals surface area (Å²) in [7, 11) is 2.02.